The molecule has 19 heavy (non-hydrogen) atoms. The number of hydrogen-bond acceptors (Lipinski definition) is 4. The van der Waals surface area contributed by atoms with E-state index in [9.17, 15) is 9.90 Å². The zero-order valence-corrected chi connectivity index (χ0v) is 11.7. The molecule has 4 aliphatic rings. The topological polar surface area (TPSA) is 59.1 Å². The van der Waals surface area contributed by atoms with E-state index in [-0.39, 0.29) is 29.2 Å². The molecule has 5 atom stereocenters. The molecule has 2 aliphatic heterocycles. The van der Waals surface area contributed by atoms with Crippen LogP contribution in [0.5, 0.6) is 0 Å². The minimum atomic E-state index is -0.703. The molecule has 5 unspecified atom stereocenters. The molecule has 1 spiro atoms. The Hall–Kier alpha value is -0.870. The molecule has 1 N–H and O–H groups in total. The molecule has 2 aliphatic carbocycles. The van der Waals surface area contributed by atoms with Gasteiger partial charge in [-0.1, -0.05) is 0 Å². The predicted octanol–water partition coefficient (Wildman–Crippen LogP) is 1.71. The minimum Gasteiger partial charge on any atom is -0.454 e. The summed E-state index contributed by atoms with van der Waals surface area (Å²) in [5.41, 5.74) is 0.697. The van der Waals surface area contributed by atoms with Crippen LogP contribution < -0.4 is 0 Å². The number of carbonyl (C=O) groups is 1. The summed E-state index contributed by atoms with van der Waals surface area (Å²) in [5, 5.41) is 10.7. The second kappa shape index (κ2) is 3.07. The van der Waals surface area contributed by atoms with E-state index in [1.165, 1.54) is 0 Å². The van der Waals surface area contributed by atoms with E-state index in [0.717, 1.165) is 36.8 Å². The molecule has 0 radical (unpaired) electrons. The van der Waals surface area contributed by atoms with Gasteiger partial charge in [0.2, 0.25) is 0 Å². The first-order valence-corrected chi connectivity index (χ1v) is 7.12. The molecule has 0 aromatic rings. The van der Waals surface area contributed by atoms with Crippen LogP contribution in [0.2, 0.25) is 0 Å². The van der Waals surface area contributed by atoms with Crippen molar-refractivity contribution in [2.24, 2.45) is 5.92 Å². The molecule has 104 valence electrons. The zero-order chi connectivity index (χ0) is 13.6. The molecule has 3 fully saturated rings. The first kappa shape index (κ1) is 11.9. The number of aliphatic hydroxyl groups is 1. The number of hydrogen-bond donors (Lipinski definition) is 1. The number of epoxide rings is 1. The number of ether oxygens (including phenoxy) is 2. The lowest BCUT2D eigenvalue weighted by Gasteiger charge is -2.28. The van der Waals surface area contributed by atoms with E-state index < -0.39 is 5.60 Å². The molecule has 0 aromatic heterocycles. The Labute approximate surface area is 112 Å². The smallest absolute Gasteiger partial charge is 0.334 e. The Morgan fingerprint density at radius 3 is 2.79 bits per heavy atom. The summed E-state index contributed by atoms with van der Waals surface area (Å²) in [6.07, 6.45) is 3.01. The van der Waals surface area contributed by atoms with E-state index in [2.05, 4.69) is 6.92 Å². The van der Waals surface area contributed by atoms with Gasteiger partial charge in [-0.3, -0.25) is 0 Å². The van der Waals surface area contributed by atoms with E-state index in [4.69, 9.17) is 9.47 Å². The van der Waals surface area contributed by atoms with Crippen molar-refractivity contribution in [2.45, 2.75) is 69.4 Å². The Morgan fingerprint density at radius 1 is 1.32 bits per heavy atom. The maximum atomic E-state index is 11.7. The van der Waals surface area contributed by atoms with Gasteiger partial charge in [0.1, 0.15) is 11.7 Å². The van der Waals surface area contributed by atoms with Gasteiger partial charge in [0.05, 0.1) is 11.2 Å². The van der Waals surface area contributed by atoms with Gasteiger partial charge in [0.15, 0.2) is 0 Å². The molecular formula is C15H20O4. The van der Waals surface area contributed by atoms with Crippen molar-refractivity contribution in [1.29, 1.82) is 0 Å². The van der Waals surface area contributed by atoms with E-state index in [1.54, 1.807) is 0 Å². The zero-order valence-electron chi connectivity index (χ0n) is 11.7. The maximum absolute atomic E-state index is 11.7. The average molecular weight is 264 g/mol. The summed E-state index contributed by atoms with van der Waals surface area (Å²) in [6, 6.07) is 0. The number of carbonyl (C=O) groups excluding carboxylic acids is 1. The summed E-state index contributed by atoms with van der Waals surface area (Å²) < 4.78 is 11.6. The van der Waals surface area contributed by atoms with Gasteiger partial charge in [-0.05, 0) is 45.6 Å². The van der Waals surface area contributed by atoms with E-state index >= 15 is 0 Å². The fourth-order valence-electron chi connectivity index (χ4n) is 4.70. The van der Waals surface area contributed by atoms with Crippen molar-refractivity contribution < 1.29 is 19.4 Å². The first-order valence-electron chi connectivity index (χ1n) is 7.12. The summed E-state index contributed by atoms with van der Waals surface area (Å²) in [5.74, 6) is -0.121. The Morgan fingerprint density at radius 2 is 2.05 bits per heavy atom. The summed E-state index contributed by atoms with van der Waals surface area (Å²) >= 11 is 0. The molecule has 4 rings (SSSR count). The highest BCUT2D eigenvalue weighted by atomic mass is 16.6. The van der Waals surface area contributed by atoms with Crippen LogP contribution in [0, 0.1) is 5.92 Å². The molecule has 4 nitrogen and oxygen atoms in total. The van der Waals surface area contributed by atoms with Crippen molar-refractivity contribution in [1.82, 2.24) is 0 Å². The molecule has 4 heteroatoms. The Bertz CT molecular complexity index is 520. The van der Waals surface area contributed by atoms with Gasteiger partial charge >= 0.3 is 5.97 Å². The molecule has 0 amide bonds. The number of rotatable bonds is 0. The second-order valence-electron chi connectivity index (χ2n) is 7.08. The quantitative estimate of drug-likeness (QED) is 0.534. The van der Waals surface area contributed by atoms with Crippen molar-refractivity contribution in [2.75, 3.05) is 0 Å². The normalized spacial score (nSPS) is 55.3. The highest BCUT2D eigenvalue weighted by Crippen LogP contribution is 2.68. The monoisotopic (exact) mass is 264 g/mol. The number of esters is 1. The van der Waals surface area contributed by atoms with Crippen LogP contribution in [0.1, 0.15) is 46.5 Å². The molecule has 0 bridgehead atoms. The van der Waals surface area contributed by atoms with Crippen LogP contribution in [0.4, 0.5) is 0 Å². The van der Waals surface area contributed by atoms with Crippen LogP contribution in [0.3, 0.4) is 0 Å². The largest absolute Gasteiger partial charge is 0.454 e. The van der Waals surface area contributed by atoms with Crippen molar-refractivity contribution in [3.63, 3.8) is 0 Å². The third-order valence-electron chi connectivity index (χ3n) is 6.00. The highest BCUT2D eigenvalue weighted by molar-refractivity contribution is 5.91. The first-order chi connectivity index (χ1) is 8.79. The van der Waals surface area contributed by atoms with Crippen LogP contribution in [-0.4, -0.2) is 34.0 Å². The SMILES string of the molecule is CC1=C2CC3C(C)(O)CCC34OC4(C)CC2OC1=O. The minimum absolute atomic E-state index is 0.0782. The van der Waals surface area contributed by atoms with Gasteiger partial charge in [-0.25, -0.2) is 4.79 Å². The fraction of sp³-hybridized carbons (Fsp3) is 0.800. The summed E-state index contributed by atoms with van der Waals surface area (Å²) in [4.78, 5) is 11.7. The maximum Gasteiger partial charge on any atom is 0.334 e. The molecule has 0 aromatic carbocycles. The molecular weight excluding hydrogens is 244 g/mol. The average Bonchev–Trinajstić information content (AvgIpc) is 2.72. The van der Waals surface area contributed by atoms with Crippen LogP contribution in [-0.2, 0) is 14.3 Å². The Balaban J connectivity index is 1.81. The van der Waals surface area contributed by atoms with Gasteiger partial charge in [0.25, 0.3) is 0 Å². The van der Waals surface area contributed by atoms with Gasteiger partial charge < -0.3 is 14.6 Å². The van der Waals surface area contributed by atoms with Gasteiger partial charge in [-0.15, -0.1) is 0 Å². The van der Waals surface area contributed by atoms with Gasteiger partial charge in [-0.2, -0.15) is 0 Å². The van der Waals surface area contributed by atoms with Crippen molar-refractivity contribution in [3.8, 4) is 0 Å². The Kier molecular flexibility index (Phi) is 1.92. The van der Waals surface area contributed by atoms with Crippen LogP contribution in [0.25, 0.3) is 0 Å². The van der Waals surface area contributed by atoms with E-state index in [1.807, 2.05) is 13.8 Å². The predicted molar refractivity (Wildman–Crippen MR) is 67.4 cm³/mol. The lowest BCUT2D eigenvalue weighted by atomic mass is 9.78. The standard InChI is InChI=1S/C15H20O4/c1-8-9-6-11-13(2,17)4-5-15(11)14(3,19-15)7-10(9)18-12(8)16/h10-11,17H,4-7H2,1-3H3. The number of fused-ring (bicyclic) bond motifs is 1. The summed E-state index contributed by atoms with van der Waals surface area (Å²) in [7, 11) is 0. The van der Waals surface area contributed by atoms with Crippen molar-refractivity contribution in [3.05, 3.63) is 11.1 Å². The summed E-state index contributed by atoms with van der Waals surface area (Å²) in [6.45, 7) is 5.85. The molecule has 2 saturated carbocycles. The molecule has 2 heterocycles. The third kappa shape index (κ3) is 1.24. The molecule has 1 saturated heterocycles. The van der Waals surface area contributed by atoms with Crippen LogP contribution >= 0.6 is 0 Å². The lowest BCUT2D eigenvalue weighted by molar-refractivity contribution is -0.140. The van der Waals surface area contributed by atoms with Gasteiger partial charge in [0, 0.05) is 17.9 Å². The lowest BCUT2D eigenvalue weighted by Crippen LogP contribution is -2.37. The van der Waals surface area contributed by atoms with Crippen LogP contribution in [0.15, 0.2) is 11.1 Å². The third-order valence-corrected chi connectivity index (χ3v) is 6.00. The highest BCUT2D eigenvalue weighted by Gasteiger charge is 2.77. The second-order valence-corrected chi connectivity index (χ2v) is 7.08. The fourth-order valence-corrected chi connectivity index (χ4v) is 4.70. The van der Waals surface area contributed by atoms with E-state index in [0.29, 0.717) is 0 Å². The van der Waals surface area contributed by atoms with Crippen molar-refractivity contribution >= 4 is 5.97 Å².